The van der Waals surface area contributed by atoms with Crippen LogP contribution in [-0.4, -0.2) is 50.8 Å². The summed E-state index contributed by atoms with van der Waals surface area (Å²) in [5.41, 5.74) is 6.36. The van der Waals surface area contributed by atoms with Gasteiger partial charge < -0.3 is 10.6 Å². The van der Waals surface area contributed by atoms with Crippen LogP contribution >= 0.6 is 0 Å². The van der Waals surface area contributed by atoms with Crippen LogP contribution in [0.1, 0.15) is 32.5 Å². The summed E-state index contributed by atoms with van der Waals surface area (Å²) in [4.78, 5) is 3.69. The fourth-order valence-electron chi connectivity index (χ4n) is 2.53. The van der Waals surface area contributed by atoms with Gasteiger partial charge in [-0.1, -0.05) is 13.8 Å². The Balaban J connectivity index is 2.82. The third kappa shape index (κ3) is 2.81. The number of hydrogen-bond acceptors (Lipinski definition) is 5. The van der Waals surface area contributed by atoms with E-state index < -0.39 is 0 Å². The van der Waals surface area contributed by atoms with E-state index >= 15 is 0 Å². The highest BCUT2D eigenvalue weighted by Gasteiger charge is 2.36. The number of aromatic nitrogens is 4. The molecule has 0 saturated heterocycles. The van der Waals surface area contributed by atoms with Crippen LogP contribution in [0.2, 0.25) is 0 Å². The number of tetrazole rings is 1. The van der Waals surface area contributed by atoms with Crippen molar-refractivity contribution in [3.8, 4) is 0 Å². The third-order valence-corrected chi connectivity index (χ3v) is 3.76. The average molecular weight is 240 g/mol. The fraction of sp³-hybridized carbons (Fsp3) is 0.909. The molecule has 98 valence electrons. The van der Waals surface area contributed by atoms with Crippen molar-refractivity contribution in [2.24, 2.45) is 12.8 Å². The normalized spacial score (nSPS) is 14.3. The monoisotopic (exact) mass is 240 g/mol. The van der Waals surface area contributed by atoms with Crippen LogP contribution in [0.4, 0.5) is 0 Å². The highest BCUT2D eigenvalue weighted by Crippen LogP contribution is 2.25. The van der Waals surface area contributed by atoms with Crippen LogP contribution in [-0.2, 0) is 13.5 Å². The molecule has 0 saturated carbocycles. The molecule has 1 atom stereocenters. The first-order chi connectivity index (χ1) is 7.96. The Labute approximate surface area is 103 Å². The van der Waals surface area contributed by atoms with Gasteiger partial charge in [0.05, 0.1) is 7.05 Å². The van der Waals surface area contributed by atoms with Crippen molar-refractivity contribution < 1.29 is 0 Å². The van der Waals surface area contributed by atoms with Crippen LogP contribution in [0.25, 0.3) is 0 Å². The van der Waals surface area contributed by atoms with Crippen molar-refractivity contribution >= 4 is 0 Å². The van der Waals surface area contributed by atoms with E-state index in [0.717, 1.165) is 12.8 Å². The Kier molecular flexibility index (Phi) is 4.59. The maximum Gasteiger partial charge on any atom is 0.176 e. The van der Waals surface area contributed by atoms with Gasteiger partial charge >= 0.3 is 0 Å². The molecular weight excluding hydrogens is 216 g/mol. The second-order valence-electron chi connectivity index (χ2n) is 4.71. The molecule has 1 aromatic heterocycles. The molecule has 1 unspecified atom stereocenters. The number of nitrogens with zero attached hydrogens (tertiary/aromatic N) is 5. The van der Waals surface area contributed by atoms with E-state index in [9.17, 15) is 0 Å². The quantitative estimate of drug-likeness (QED) is 0.769. The third-order valence-electron chi connectivity index (χ3n) is 3.76. The van der Waals surface area contributed by atoms with Crippen LogP contribution in [0.5, 0.6) is 0 Å². The first-order valence-electron chi connectivity index (χ1n) is 6.12. The summed E-state index contributed by atoms with van der Waals surface area (Å²) in [6.45, 7) is 4.35. The SMILES string of the molecule is CCC(CC)(C(N)Cc1nnn(C)n1)N(C)C. The van der Waals surface area contributed by atoms with E-state index in [-0.39, 0.29) is 11.6 Å². The van der Waals surface area contributed by atoms with E-state index in [4.69, 9.17) is 5.73 Å². The zero-order chi connectivity index (χ0) is 13.1. The zero-order valence-electron chi connectivity index (χ0n) is 11.5. The summed E-state index contributed by atoms with van der Waals surface area (Å²) in [6.07, 6.45) is 2.68. The molecule has 2 N–H and O–H groups in total. The van der Waals surface area contributed by atoms with Gasteiger partial charge in [0.2, 0.25) is 0 Å². The van der Waals surface area contributed by atoms with Gasteiger partial charge in [0.1, 0.15) is 0 Å². The summed E-state index contributed by atoms with van der Waals surface area (Å²) < 4.78 is 0. The van der Waals surface area contributed by atoms with Crippen molar-refractivity contribution in [3.63, 3.8) is 0 Å². The summed E-state index contributed by atoms with van der Waals surface area (Å²) in [6, 6.07) is 0.0108. The largest absolute Gasteiger partial charge is 0.326 e. The Morgan fingerprint density at radius 2 is 1.94 bits per heavy atom. The molecule has 0 amide bonds. The van der Waals surface area contributed by atoms with Crippen molar-refractivity contribution in [1.29, 1.82) is 0 Å². The van der Waals surface area contributed by atoms with E-state index in [1.54, 1.807) is 7.05 Å². The lowest BCUT2D eigenvalue weighted by molar-refractivity contribution is 0.105. The van der Waals surface area contributed by atoms with E-state index in [2.05, 4.69) is 48.3 Å². The molecule has 17 heavy (non-hydrogen) atoms. The zero-order valence-corrected chi connectivity index (χ0v) is 11.5. The fourth-order valence-corrected chi connectivity index (χ4v) is 2.53. The molecule has 6 nitrogen and oxygen atoms in total. The van der Waals surface area contributed by atoms with Gasteiger partial charge in [0.15, 0.2) is 5.82 Å². The predicted molar refractivity (Wildman–Crippen MR) is 67.5 cm³/mol. The van der Waals surface area contributed by atoms with Gasteiger partial charge in [0, 0.05) is 18.0 Å². The molecule has 1 rings (SSSR count). The van der Waals surface area contributed by atoms with Gasteiger partial charge in [-0.25, -0.2) is 0 Å². The lowest BCUT2D eigenvalue weighted by Crippen LogP contribution is -2.57. The van der Waals surface area contributed by atoms with Crippen molar-refractivity contribution in [3.05, 3.63) is 5.82 Å². The van der Waals surface area contributed by atoms with Gasteiger partial charge in [0.25, 0.3) is 0 Å². The molecular formula is C11H24N6. The molecule has 0 spiro atoms. The van der Waals surface area contributed by atoms with Crippen LogP contribution in [0.3, 0.4) is 0 Å². The molecule has 0 aromatic carbocycles. The molecule has 0 aliphatic heterocycles. The van der Waals surface area contributed by atoms with Gasteiger partial charge in [-0.2, -0.15) is 4.80 Å². The van der Waals surface area contributed by atoms with E-state index in [1.165, 1.54) is 4.80 Å². The highest BCUT2D eigenvalue weighted by molar-refractivity contribution is 4.99. The van der Waals surface area contributed by atoms with Crippen molar-refractivity contribution in [1.82, 2.24) is 25.1 Å². The van der Waals surface area contributed by atoms with E-state index in [0.29, 0.717) is 12.2 Å². The molecule has 0 fully saturated rings. The highest BCUT2D eigenvalue weighted by atomic mass is 15.6. The minimum atomic E-state index is -0.000792. The molecule has 0 bridgehead atoms. The maximum atomic E-state index is 6.36. The summed E-state index contributed by atoms with van der Waals surface area (Å²) >= 11 is 0. The molecule has 1 aromatic rings. The van der Waals surface area contributed by atoms with Crippen molar-refractivity contribution in [2.75, 3.05) is 14.1 Å². The lowest BCUT2D eigenvalue weighted by atomic mass is 9.82. The second kappa shape index (κ2) is 5.55. The minimum Gasteiger partial charge on any atom is -0.326 e. The molecule has 6 heteroatoms. The molecule has 0 aliphatic carbocycles. The van der Waals surface area contributed by atoms with Gasteiger partial charge in [-0.3, -0.25) is 0 Å². The lowest BCUT2D eigenvalue weighted by Gasteiger charge is -2.43. The number of hydrogen-bond donors (Lipinski definition) is 1. The molecule has 0 aliphatic rings. The Bertz CT molecular complexity index is 341. The minimum absolute atomic E-state index is 0.000792. The summed E-state index contributed by atoms with van der Waals surface area (Å²) in [5, 5.41) is 12.0. The first kappa shape index (κ1) is 14.1. The topological polar surface area (TPSA) is 72.9 Å². The predicted octanol–water partition coefficient (Wildman–Crippen LogP) is 0.200. The number of rotatable bonds is 6. The van der Waals surface area contributed by atoms with Crippen molar-refractivity contribution in [2.45, 2.75) is 44.7 Å². The maximum absolute atomic E-state index is 6.36. The first-order valence-corrected chi connectivity index (χ1v) is 6.12. The molecule has 0 radical (unpaired) electrons. The van der Waals surface area contributed by atoms with Crippen LogP contribution in [0.15, 0.2) is 0 Å². The van der Waals surface area contributed by atoms with E-state index in [1.807, 2.05) is 0 Å². The number of nitrogens with two attached hydrogens (primary N) is 1. The smallest absolute Gasteiger partial charge is 0.176 e. The van der Waals surface area contributed by atoms with Crippen LogP contribution < -0.4 is 5.73 Å². The molecule has 1 heterocycles. The summed E-state index contributed by atoms with van der Waals surface area (Å²) in [7, 11) is 5.93. The standard InChI is InChI=1S/C11H24N6/c1-6-11(7-2,16(3)4)9(12)8-10-13-15-17(5)14-10/h9H,6-8,12H2,1-5H3. The average Bonchev–Trinajstić information content (AvgIpc) is 2.66. The number of likely N-dealkylation sites (N-methyl/N-ethyl adjacent to an activating group) is 1. The van der Waals surface area contributed by atoms with Crippen LogP contribution in [0, 0.1) is 0 Å². The van der Waals surface area contributed by atoms with Gasteiger partial charge in [-0.15, -0.1) is 10.2 Å². The van der Waals surface area contributed by atoms with Gasteiger partial charge in [-0.05, 0) is 32.2 Å². The second-order valence-corrected chi connectivity index (χ2v) is 4.71. The number of aryl methyl sites for hydroxylation is 1. The summed E-state index contributed by atoms with van der Waals surface area (Å²) in [5.74, 6) is 0.716. The Hall–Kier alpha value is -1.01. The Morgan fingerprint density at radius 1 is 1.35 bits per heavy atom. The Morgan fingerprint density at radius 3 is 2.29 bits per heavy atom.